The lowest BCUT2D eigenvalue weighted by Gasteiger charge is -2.14. The Morgan fingerprint density at radius 3 is 2.77 bits per heavy atom. The van der Waals surface area contributed by atoms with Crippen LogP contribution in [0.25, 0.3) is 0 Å². The third-order valence-corrected chi connectivity index (χ3v) is 2.47. The molecule has 2 unspecified atom stereocenters. The van der Waals surface area contributed by atoms with E-state index in [1.54, 1.807) is 0 Å². The standard InChI is InChI=1S/C10H18N2O/c1-7(2)6-12-10(13)8-4-3-5-9(8)11/h8-9H,1,3-6,11H2,2H3,(H,12,13). The zero-order valence-corrected chi connectivity index (χ0v) is 8.18. The summed E-state index contributed by atoms with van der Waals surface area (Å²) in [6.07, 6.45) is 2.99. The van der Waals surface area contributed by atoms with E-state index in [4.69, 9.17) is 5.73 Å². The van der Waals surface area contributed by atoms with E-state index >= 15 is 0 Å². The van der Waals surface area contributed by atoms with Crippen molar-refractivity contribution in [2.24, 2.45) is 11.7 Å². The Morgan fingerprint density at radius 2 is 2.31 bits per heavy atom. The topological polar surface area (TPSA) is 55.1 Å². The molecule has 0 aromatic heterocycles. The average Bonchev–Trinajstić information content (AvgIpc) is 2.47. The Hall–Kier alpha value is -0.830. The van der Waals surface area contributed by atoms with E-state index in [0.717, 1.165) is 24.8 Å². The third-order valence-electron chi connectivity index (χ3n) is 2.47. The number of carbonyl (C=O) groups excluding carboxylic acids is 1. The van der Waals surface area contributed by atoms with Crippen molar-refractivity contribution in [1.29, 1.82) is 0 Å². The zero-order valence-electron chi connectivity index (χ0n) is 8.18. The molecule has 1 aliphatic carbocycles. The molecule has 3 N–H and O–H groups in total. The Kier molecular flexibility index (Phi) is 3.48. The quantitative estimate of drug-likeness (QED) is 0.634. The molecule has 0 aliphatic heterocycles. The first-order valence-corrected chi connectivity index (χ1v) is 4.79. The first-order valence-electron chi connectivity index (χ1n) is 4.79. The lowest BCUT2D eigenvalue weighted by Crippen LogP contribution is -2.39. The summed E-state index contributed by atoms with van der Waals surface area (Å²) in [5.41, 5.74) is 6.78. The summed E-state index contributed by atoms with van der Waals surface area (Å²) in [7, 11) is 0. The molecule has 0 bridgehead atoms. The van der Waals surface area contributed by atoms with Gasteiger partial charge in [0, 0.05) is 12.6 Å². The highest BCUT2D eigenvalue weighted by atomic mass is 16.1. The van der Waals surface area contributed by atoms with Crippen LogP contribution in [0.4, 0.5) is 0 Å². The average molecular weight is 182 g/mol. The minimum atomic E-state index is 0.0272. The smallest absolute Gasteiger partial charge is 0.224 e. The molecule has 1 fully saturated rings. The van der Waals surface area contributed by atoms with Gasteiger partial charge in [0.2, 0.25) is 5.91 Å². The van der Waals surface area contributed by atoms with Gasteiger partial charge in [-0.1, -0.05) is 18.6 Å². The fourth-order valence-corrected chi connectivity index (χ4v) is 1.68. The van der Waals surface area contributed by atoms with Gasteiger partial charge in [-0.3, -0.25) is 4.79 Å². The van der Waals surface area contributed by atoms with Crippen LogP contribution in [0.1, 0.15) is 26.2 Å². The number of nitrogens with two attached hydrogens (primary N) is 1. The molecular weight excluding hydrogens is 164 g/mol. The van der Waals surface area contributed by atoms with E-state index in [0.29, 0.717) is 6.54 Å². The van der Waals surface area contributed by atoms with E-state index < -0.39 is 0 Å². The van der Waals surface area contributed by atoms with Crippen molar-refractivity contribution in [3.8, 4) is 0 Å². The van der Waals surface area contributed by atoms with Crippen molar-refractivity contribution >= 4 is 5.91 Å². The van der Waals surface area contributed by atoms with Crippen molar-refractivity contribution < 1.29 is 4.79 Å². The van der Waals surface area contributed by atoms with E-state index in [2.05, 4.69) is 11.9 Å². The molecule has 1 amide bonds. The largest absolute Gasteiger partial charge is 0.352 e. The zero-order chi connectivity index (χ0) is 9.84. The predicted molar refractivity (Wildman–Crippen MR) is 53.1 cm³/mol. The van der Waals surface area contributed by atoms with E-state index in [1.165, 1.54) is 0 Å². The van der Waals surface area contributed by atoms with Gasteiger partial charge in [0.25, 0.3) is 0 Å². The summed E-state index contributed by atoms with van der Waals surface area (Å²) in [5, 5.41) is 2.84. The van der Waals surface area contributed by atoms with Crippen LogP contribution in [0, 0.1) is 5.92 Å². The van der Waals surface area contributed by atoms with Crippen LogP contribution in [0.2, 0.25) is 0 Å². The van der Waals surface area contributed by atoms with Crippen molar-refractivity contribution in [3.05, 3.63) is 12.2 Å². The molecule has 3 heteroatoms. The van der Waals surface area contributed by atoms with E-state index in [1.807, 2.05) is 6.92 Å². The van der Waals surface area contributed by atoms with E-state index in [-0.39, 0.29) is 17.9 Å². The number of hydrogen-bond acceptors (Lipinski definition) is 2. The molecule has 0 aromatic rings. The van der Waals surface area contributed by atoms with Crippen LogP contribution in [-0.2, 0) is 4.79 Å². The molecule has 0 saturated heterocycles. The molecular formula is C10H18N2O. The van der Waals surface area contributed by atoms with Crippen molar-refractivity contribution in [2.45, 2.75) is 32.2 Å². The monoisotopic (exact) mass is 182 g/mol. The summed E-state index contributed by atoms with van der Waals surface area (Å²) in [5.74, 6) is 0.118. The van der Waals surface area contributed by atoms with E-state index in [9.17, 15) is 4.79 Å². The molecule has 0 aromatic carbocycles. The molecule has 1 aliphatic rings. The lowest BCUT2D eigenvalue weighted by molar-refractivity contribution is -0.124. The number of hydrogen-bond donors (Lipinski definition) is 2. The van der Waals surface area contributed by atoms with Crippen molar-refractivity contribution in [3.63, 3.8) is 0 Å². The van der Waals surface area contributed by atoms with Gasteiger partial charge in [-0.2, -0.15) is 0 Å². The van der Waals surface area contributed by atoms with Crippen molar-refractivity contribution in [2.75, 3.05) is 6.54 Å². The fraction of sp³-hybridized carbons (Fsp3) is 0.700. The van der Waals surface area contributed by atoms with Crippen LogP contribution in [-0.4, -0.2) is 18.5 Å². The second kappa shape index (κ2) is 4.42. The molecule has 1 saturated carbocycles. The van der Waals surface area contributed by atoms with Gasteiger partial charge in [-0.25, -0.2) is 0 Å². The summed E-state index contributed by atoms with van der Waals surface area (Å²) in [4.78, 5) is 11.5. The molecule has 3 nitrogen and oxygen atoms in total. The number of carbonyl (C=O) groups is 1. The molecule has 0 heterocycles. The number of nitrogens with one attached hydrogen (secondary N) is 1. The SMILES string of the molecule is C=C(C)CNC(=O)C1CCCC1N. The molecule has 1 rings (SSSR count). The summed E-state index contributed by atoms with van der Waals surface area (Å²) in [6, 6.07) is 0.0603. The molecule has 74 valence electrons. The highest BCUT2D eigenvalue weighted by Crippen LogP contribution is 2.23. The summed E-state index contributed by atoms with van der Waals surface area (Å²) < 4.78 is 0. The Morgan fingerprint density at radius 1 is 1.62 bits per heavy atom. The van der Waals surface area contributed by atoms with Crippen LogP contribution in [0.5, 0.6) is 0 Å². The number of amides is 1. The van der Waals surface area contributed by atoms with Gasteiger partial charge in [0.15, 0.2) is 0 Å². The second-order valence-electron chi connectivity index (χ2n) is 3.88. The predicted octanol–water partition coefficient (Wildman–Crippen LogP) is 0.806. The maximum absolute atomic E-state index is 11.5. The van der Waals surface area contributed by atoms with Crippen molar-refractivity contribution in [1.82, 2.24) is 5.32 Å². The van der Waals surface area contributed by atoms with Gasteiger partial charge in [-0.15, -0.1) is 0 Å². The Bertz CT molecular complexity index is 213. The lowest BCUT2D eigenvalue weighted by atomic mass is 10.0. The van der Waals surface area contributed by atoms with Gasteiger partial charge >= 0.3 is 0 Å². The Balaban J connectivity index is 2.34. The molecule has 13 heavy (non-hydrogen) atoms. The Labute approximate surface area is 79.4 Å². The van der Waals surface area contributed by atoms with Gasteiger partial charge in [-0.05, 0) is 19.8 Å². The van der Waals surface area contributed by atoms with Crippen LogP contribution >= 0.6 is 0 Å². The summed E-state index contributed by atoms with van der Waals surface area (Å²) >= 11 is 0. The highest BCUT2D eigenvalue weighted by molar-refractivity contribution is 5.79. The molecule has 0 radical (unpaired) electrons. The normalized spacial score (nSPS) is 27.2. The number of rotatable bonds is 3. The van der Waals surface area contributed by atoms with Crippen LogP contribution in [0.3, 0.4) is 0 Å². The first-order chi connectivity index (χ1) is 6.11. The molecule has 0 spiro atoms. The molecule has 2 atom stereocenters. The van der Waals surface area contributed by atoms with Crippen LogP contribution in [0.15, 0.2) is 12.2 Å². The maximum Gasteiger partial charge on any atom is 0.224 e. The van der Waals surface area contributed by atoms with Gasteiger partial charge in [0.1, 0.15) is 0 Å². The highest BCUT2D eigenvalue weighted by Gasteiger charge is 2.29. The minimum Gasteiger partial charge on any atom is -0.352 e. The third kappa shape index (κ3) is 2.84. The van der Waals surface area contributed by atoms with Gasteiger partial charge < -0.3 is 11.1 Å². The fourth-order valence-electron chi connectivity index (χ4n) is 1.68. The van der Waals surface area contributed by atoms with Gasteiger partial charge in [0.05, 0.1) is 5.92 Å². The minimum absolute atomic E-state index is 0.0272. The van der Waals surface area contributed by atoms with Crippen LogP contribution < -0.4 is 11.1 Å². The summed E-state index contributed by atoms with van der Waals surface area (Å²) in [6.45, 7) is 6.20. The first kappa shape index (κ1) is 10.3. The second-order valence-corrected chi connectivity index (χ2v) is 3.88. The maximum atomic E-state index is 11.5.